The number of anilines is 1. The Hall–Kier alpha value is -2.13. The van der Waals surface area contributed by atoms with Gasteiger partial charge in [-0.15, -0.1) is 0 Å². The molecule has 0 aliphatic rings. The number of hydrogen-bond acceptors (Lipinski definition) is 4. The number of carbonyl (C=O) groups is 1. The van der Waals surface area contributed by atoms with Crippen molar-refractivity contribution in [3.05, 3.63) is 29.6 Å². The van der Waals surface area contributed by atoms with Crippen LogP contribution in [0.4, 0.5) is 10.1 Å². The number of carboxylic acid groups (broad SMARTS) is 1. The van der Waals surface area contributed by atoms with Gasteiger partial charge >= 0.3 is 5.97 Å². The number of nitrogens with one attached hydrogen (secondary N) is 1. The summed E-state index contributed by atoms with van der Waals surface area (Å²) in [5, 5.41) is 20.1. The number of hydrogen-bond donors (Lipinski definition) is 2. The molecule has 1 unspecified atom stereocenters. The van der Waals surface area contributed by atoms with Gasteiger partial charge in [0.2, 0.25) is 0 Å². The van der Waals surface area contributed by atoms with E-state index in [4.69, 9.17) is 15.1 Å². The van der Waals surface area contributed by atoms with Crippen molar-refractivity contribution in [3.8, 4) is 6.07 Å². The molecule has 2 N–H and O–H groups in total. The Morgan fingerprint density at radius 1 is 1.71 bits per heavy atom. The van der Waals surface area contributed by atoms with Gasteiger partial charge in [0.05, 0.1) is 12.2 Å². The third-order valence-corrected chi connectivity index (χ3v) is 2.06. The first-order chi connectivity index (χ1) is 8.08. The van der Waals surface area contributed by atoms with Crippen LogP contribution in [0.25, 0.3) is 0 Å². The Labute approximate surface area is 97.4 Å². The van der Waals surface area contributed by atoms with E-state index in [0.717, 1.165) is 6.07 Å². The minimum Gasteiger partial charge on any atom is -0.480 e. The SMILES string of the molecule is COCC(Nc1ccc(F)c(C#N)c1)C(=O)O. The first-order valence-electron chi connectivity index (χ1n) is 4.76. The number of benzene rings is 1. The number of nitriles is 1. The number of aliphatic carboxylic acids is 1. The van der Waals surface area contributed by atoms with Crippen LogP contribution in [0.5, 0.6) is 0 Å². The monoisotopic (exact) mass is 238 g/mol. The highest BCUT2D eigenvalue weighted by Gasteiger charge is 2.17. The molecule has 0 heterocycles. The summed E-state index contributed by atoms with van der Waals surface area (Å²) in [4.78, 5) is 10.8. The highest BCUT2D eigenvalue weighted by atomic mass is 19.1. The normalized spacial score (nSPS) is 11.6. The van der Waals surface area contributed by atoms with Gasteiger partial charge in [-0.05, 0) is 18.2 Å². The lowest BCUT2D eigenvalue weighted by Crippen LogP contribution is -2.33. The summed E-state index contributed by atoms with van der Waals surface area (Å²) in [5.41, 5.74) is 0.212. The zero-order chi connectivity index (χ0) is 12.8. The Morgan fingerprint density at radius 3 is 2.94 bits per heavy atom. The minimum atomic E-state index is -1.09. The number of carboxylic acids is 1. The Bertz CT molecular complexity index is 457. The predicted molar refractivity (Wildman–Crippen MR) is 58.0 cm³/mol. The molecular weight excluding hydrogens is 227 g/mol. The topological polar surface area (TPSA) is 82.3 Å². The highest BCUT2D eigenvalue weighted by molar-refractivity contribution is 5.77. The van der Waals surface area contributed by atoms with Gasteiger partial charge in [0, 0.05) is 12.8 Å². The average Bonchev–Trinajstić information content (AvgIpc) is 2.30. The van der Waals surface area contributed by atoms with Gasteiger partial charge in [-0.3, -0.25) is 0 Å². The molecule has 90 valence electrons. The van der Waals surface area contributed by atoms with E-state index in [2.05, 4.69) is 5.32 Å². The number of halogens is 1. The van der Waals surface area contributed by atoms with E-state index >= 15 is 0 Å². The molecule has 0 bridgehead atoms. The lowest BCUT2D eigenvalue weighted by Gasteiger charge is -2.14. The van der Waals surface area contributed by atoms with Gasteiger partial charge < -0.3 is 15.2 Å². The third kappa shape index (κ3) is 3.43. The van der Waals surface area contributed by atoms with Gasteiger partial charge in [-0.25, -0.2) is 9.18 Å². The molecule has 0 amide bonds. The Morgan fingerprint density at radius 2 is 2.41 bits per heavy atom. The molecule has 0 radical (unpaired) electrons. The van der Waals surface area contributed by atoms with Crippen LogP contribution in [-0.2, 0) is 9.53 Å². The largest absolute Gasteiger partial charge is 0.480 e. The lowest BCUT2D eigenvalue weighted by molar-refractivity contribution is -0.139. The van der Waals surface area contributed by atoms with Crippen molar-refractivity contribution in [2.75, 3.05) is 19.0 Å². The number of ether oxygens (including phenoxy) is 1. The van der Waals surface area contributed by atoms with Crippen LogP contribution in [0, 0.1) is 17.1 Å². The summed E-state index contributed by atoms with van der Waals surface area (Å²) >= 11 is 0. The lowest BCUT2D eigenvalue weighted by atomic mass is 10.2. The summed E-state index contributed by atoms with van der Waals surface area (Å²) in [5.74, 6) is -1.73. The molecule has 6 heteroatoms. The fraction of sp³-hybridized carbons (Fsp3) is 0.273. The van der Waals surface area contributed by atoms with E-state index in [-0.39, 0.29) is 12.2 Å². The third-order valence-electron chi connectivity index (χ3n) is 2.06. The van der Waals surface area contributed by atoms with E-state index in [1.165, 1.54) is 19.2 Å². The second-order valence-corrected chi connectivity index (χ2v) is 3.30. The number of methoxy groups -OCH3 is 1. The van der Waals surface area contributed by atoms with Crippen molar-refractivity contribution >= 4 is 11.7 Å². The molecule has 0 fully saturated rings. The van der Waals surface area contributed by atoms with Gasteiger partial charge in [-0.2, -0.15) is 5.26 Å². The molecule has 5 nitrogen and oxygen atoms in total. The minimum absolute atomic E-state index is 0.0331. The average molecular weight is 238 g/mol. The summed E-state index contributed by atoms with van der Waals surface area (Å²) < 4.78 is 17.8. The van der Waals surface area contributed by atoms with Gasteiger partial charge in [0.25, 0.3) is 0 Å². The highest BCUT2D eigenvalue weighted by Crippen LogP contribution is 2.14. The molecule has 0 saturated heterocycles. The summed E-state index contributed by atoms with van der Waals surface area (Å²) in [6.07, 6.45) is 0. The summed E-state index contributed by atoms with van der Waals surface area (Å²) in [6, 6.07) is 4.45. The number of rotatable bonds is 5. The van der Waals surface area contributed by atoms with Crippen LogP contribution in [0.15, 0.2) is 18.2 Å². The fourth-order valence-corrected chi connectivity index (χ4v) is 1.24. The smallest absolute Gasteiger partial charge is 0.328 e. The van der Waals surface area contributed by atoms with Crippen LogP contribution in [0.1, 0.15) is 5.56 Å². The maximum atomic E-state index is 13.0. The van der Waals surface area contributed by atoms with E-state index in [1.807, 2.05) is 0 Å². The van der Waals surface area contributed by atoms with Crippen molar-refractivity contribution in [1.29, 1.82) is 5.26 Å². The van der Waals surface area contributed by atoms with E-state index in [9.17, 15) is 9.18 Å². The van der Waals surface area contributed by atoms with E-state index in [0.29, 0.717) is 5.69 Å². The van der Waals surface area contributed by atoms with Crippen LogP contribution in [0.2, 0.25) is 0 Å². The molecular formula is C11H11FN2O3. The number of nitrogens with zero attached hydrogens (tertiary/aromatic N) is 1. The first kappa shape index (κ1) is 12.9. The van der Waals surface area contributed by atoms with Crippen LogP contribution >= 0.6 is 0 Å². The summed E-state index contributed by atoms with van der Waals surface area (Å²) in [7, 11) is 1.38. The van der Waals surface area contributed by atoms with E-state index in [1.54, 1.807) is 6.07 Å². The van der Waals surface area contributed by atoms with Crippen molar-refractivity contribution in [1.82, 2.24) is 0 Å². The van der Waals surface area contributed by atoms with Crippen molar-refractivity contribution in [2.24, 2.45) is 0 Å². The molecule has 0 aliphatic heterocycles. The van der Waals surface area contributed by atoms with Gasteiger partial charge in [0.1, 0.15) is 17.9 Å². The van der Waals surface area contributed by atoms with Crippen LogP contribution in [0.3, 0.4) is 0 Å². The van der Waals surface area contributed by atoms with Crippen LogP contribution in [-0.4, -0.2) is 30.8 Å². The zero-order valence-corrected chi connectivity index (χ0v) is 9.11. The molecule has 1 rings (SSSR count). The quantitative estimate of drug-likeness (QED) is 0.805. The standard InChI is InChI=1S/C11H11FN2O3/c1-17-6-10(11(15)16)14-8-2-3-9(12)7(4-8)5-13/h2-4,10,14H,6H2,1H3,(H,15,16). The van der Waals surface area contributed by atoms with Gasteiger partial charge in [0.15, 0.2) is 0 Å². The Kier molecular flexibility index (Phi) is 4.43. The molecule has 0 aliphatic carbocycles. The molecule has 0 spiro atoms. The second-order valence-electron chi connectivity index (χ2n) is 3.30. The van der Waals surface area contributed by atoms with Gasteiger partial charge in [-0.1, -0.05) is 0 Å². The van der Waals surface area contributed by atoms with Crippen molar-refractivity contribution in [2.45, 2.75) is 6.04 Å². The van der Waals surface area contributed by atoms with Crippen LogP contribution < -0.4 is 5.32 Å². The fourth-order valence-electron chi connectivity index (χ4n) is 1.24. The molecule has 1 atom stereocenters. The molecule has 1 aromatic rings. The molecule has 0 aromatic heterocycles. The molecule has 1 aromatic carbocycles. The summed E-state index contributed by atoms with van der Waals surface area (Å²) in [6.45, 7) is -0.0331. The molecule has 17 heavy (non-hydrogen) atoms. The van der Waals surface area contributed by atoms with Crippen molar-refractivity contribution in [3.63, 3.8) is 0 Å². The first-order valence-corrected chi connectivity index (χ1v) is 4.76. The Balaban J connectivity index is 2.87. The second kappa shape index (κ2) is 5.82. The maximum Gasteiger partial charge on any atom is 0.328 e. The predicted octanol–water partition coefficient (Wildman–Crippen LogP) is 1.21. The van der Waals surface area contributed by atoms with E-state index < -0.39 is 17.8 Å². The maximum absolute atomic E-state index is 13.0. The van der Waals surface area contributed by atoms with Crippen molar-refractivity contribution < 1.29 is 19.0 Å². The zero-order valence-electron chi connectivity index (χ0n) is 9.11. The molecule has 0 saturated carbocycles.